The number of piperidine rings is 1. The van der Waals surface area contributed by atoms with Gasteiger partial charge in [0.2, 0.25) is 0 Å². The zero-order valence-electron chi connectivity index (χ0n) is 13.1. The molecule has 1 saturated heterocycles. The van der Waals surface area contributed by atoms with Crippen LogP contribution in [0, 0.1) is 25.7 Å². The molecule has 1 N–H and O–H groups in total. The lowest BCUT2D eigenvalue weighted by molar-refractivity contribution is 0.146. The van der Waals surface area contributed by atoms with Crippen molar-refractivity contribution in [2.75, 3.05) is 13.1 Å². The van der Waals surface area contributed by atoms with Crippen LogP contribution in [0.3, 0.4) is 0 Å². The van der Waals surface area contributed by atoms with E-state index in [9.17, 15) is 4.79 Å². The highest BCUT2D eigenvalue weighted by Gasteiger charge is 2.25. The Bertz CT molecular complexity index is 474. The fourth-order valence-electron chi connectivity index (χ4n) is 3.16. The van der Waals surface area contributed by atoms with Gasteiger partial charge in [-0.15, -0.1) is 0 Å². The van der Waals surface area contributed by atoms with E-state index in [4.69, 9.17) is 0 Å². The van der Waals surface area contributed by atoms with Gasteiger partial charge in [0.15, 0.2) is 0 Å². The minimum absolute atomic E-state index is 0.0726. The van der Waals surface area contributed by atoms with Crippen LogP contribution in [0.15, 0.2) is 18.2 Å². The molecule has 0 aliphatic carbocycles. The maximum Gasteiger partial charge on any atom is 0.317 e. The lowest BCUT2D eigenvalue weighted by atomic mass is 9.92. The van der Waals surface area contributed by atoms with Gasteiger partial charge >= 0.3 is 6.03 Å². The standard InChI is InChI=1S/C17H26N2O/c1-12-5-6-16(15(4)8-12)9-18-17(20)19-10-13(2)7-14(3)11-19/h5-6,8,13-14H,7,9-11H2,1-4H3,(H,18,20). The highest BCUT2D eigenvalue weighted by Crippen LogP contribution is 2.21. The van der Waals surface area contributed by atoms with Gasteiger partial charge in [-0.25, -0.2) is 4.79 Å². The first-order valence-electron chi connectivity index (χ1n) is 7.54. The zero-order chi connectivity index (χ0) is 14.7. The summed E-state index contributed by atoms with van der Waals surface area (Å²) in [6.07, 6.45) is 1.22. The molecule has 3 nitrogen and oxygen atoms in total. The van der Waals surface area contributed by atoms with Crippen molar-refractivity contribution >= 4 is 6.03 Å². The molecule has 2 unspecified atom stereocenters. The van der Waals surface area contributed by atoms with E-state index < -0.39 is 0 Å². The van der Waals surface area contributed by atoms with E-state index in [-0.39, 0.29) is 6.03 Å². The summed E-state index contributed by atoms with van der Waals surface area (Å²) in [6, 6.07) is 6.43. The van der Waals surface area contributed by atoms with Crippen molar-refractivity contribution in [2.45, 2.75) is 40.7 Å². The summed E-state index contributed by atoms with van der Waals surface area (Å²) in [7, 11) is 0. The Balaban J connectivity index is 1.91. The molecule has 0 spiro atoms. The second-order valence-electron chi connectivity index (χ2n) is 6.44. The number of benzene rings is 1. The Hall–Kier alpha value is -1.51. The minimum atomic E-state index is 0.0726. The SMILES string of the molecule is Cc1ccc(CNC(=O)N2CC(C)CC(C)C2)c(C)c1. The normalized spacial score (nSPS) is 22.7. The predicted octanol–water partition coefficient (Wildman–Crippen LogP) is 3.49. The summed E-state index contributed by atoms with van der Waals surface area (Å²) in [4.78, 5) is 14.2. The van der Waals surface area contributed by atoms with Gasteiger partial charge in [0.05, 0.1) is 0 Å². The monoisotopic (exact) mass is 274 g/mol. The van der Waals surface area contributed by atoms with Crippen molar-refractivity contribution in [3.05, 3.63) is 34.9 Å². The summed E-state index contributed by atoms with van der Waals surface area (Å²) in [5, 5.41) is 3.06. The van der Waals surface area contributed by atoms with Crippen LogP contribution >= 0.6 is 0 Å². The van der Waals surface area contributed by atoms with Gasteiger partial charge < -0.3 is 10.2 Å². The molecule has 2 rings (SSSR count). The fourth-order valence-corrected chi connectivity index (χ4v) is 3.16. The first-order valence-corrected chi connectivity index (χ1v) is 7.54. The van der Waals surface area contributed by atoms with Crippen LogP contribution in [0.4, 0.5) is 4.79 Å². The van der Waals surface area contributed by atoms with E-state index in [1.807, 2.05) is 4.90 Å². The average Bonchev–Trinajstić information content (AvgIpc) is 2.36. The fraction of sp³-hybridized carbons (Fsp3) is 0.588. The molecule has 0 radical (unpaired) electrons. The number of rotatable bonds is 2. The molecule has 2 amide bonds. The molecule has 1 aliphatic rings. The summed E-state index contributed by atoms with van der Waals surface area (Å²) in [6.45, 7) is 11.0. The van der Waals surface area contributed by atoms with Gasteiger partial charge in [-0.3, -0.25) is 0 Å². The summed E-state index contributed by atoms with van der Waals surface area (Å²) in [5.41, 5.74) is 3.70. The maximum atomic E-state index is 12.3. The molecule has 0 aromatic heterocycles. The largest absolute Gasteiger partial charge is 0.334 e. The lowest BCUT2D eigenvalue weighted by Gasteiger charge is -2.35. The third kappa shape index (κ3) is 3.75. The first-order chi connectivity index (χ1) is 9.45. The highest BCUT2D eigenvalue weighted by atomic mass is 16.2. The average molecular weight is 274 g/mol. The quantitative estimate of drug-likeness (QED) is 0.879. The van der Waals surface area contributed by atoms with Crippen molar-refractivity contribution in [3.63, 3.8) is 0 Å². The number of nitrogens with zero attached hydrogens (tertiary/aromatic N) is 1. The van der Waals surface area contributed by atoms with Crippen molar-refractivity contribution in [1.29, 1.82) is 0 Å². The Kier molecular flexibility index (Phi) is 4.69. The van der Waals surface area contributed by atoms with Gasteiger partial charge in [0.1, 0.15) is 0 Å². The molecule has 1 aromatic carbocycles. The molecule has 0 saturated carbocycles. The molecule has 20 heavy (non-hydrogen) atoms. The summed E-state index contributed by atoms with van der Waals surface area (Å²) in [5.74, 6) is 1.20. The van der Waals surface area contributed by atoms with Crippen LogP contribution in [0.25, 0.3) is 0 Å². The van der Waals surface area contributed by atoms with Crippen molar-refractivity contribution in [1.82, 2.24) is 10.2 Å². The second-order valence-corrected chi connectivity index (χ2v) is 6.44. The van der Waals surface area contributed by atoms with E-state index >= 15 is 0 Å². The molecular weight excluding hydrogens is 248 g/mol. The van der Waals surface area contributed by atoms with Gasteiger partial charge in [0, 0.05) is 19.6 Å². The van der Waals surface area contributed by atoms with Crippen molar-refractivity contribution in [3.8, 4) is 0 Å². The number of amides is 2. The Labute approximate surface area is 122 Å². The predicted molar refractivity (Wildman–Crippen MR) is 82.7 cm³/mol. The number of aryl methyl sites for hydroxylation is 2. The Morgan fingerprint density at radius 2 is 1.90 bits per heavy atom. The highest BCUT2D eigenvalue weighted by molar-refractivity contribution is 5.74. The maximum absolute atomic E-state index is 12.3. The van der Waals surface area contributed by atoms with E-state index in [2.05, 4.69) is 51.2 Å². The van der Waals surface area contributed by atoms with Crippen LogP contribution < -0.4 is 5.32 Å². The summed E-state index contributed by atoms with van der Waals surface area (Å²) >= 11 is 0. The van der Waals surface area contributed by atoms with Gasteiger partial charge in [-0.1, -0.05) is 37.6 Å². The van der Waals surface area contributed by atoms with Crippen LogP contribution in [-0.4, -0.2) is 24.0 Å². The van der Waals surface area contributed by atoms with Crippen molar-refractivity contribution < 1.29 is 4.79 Å². The van der Waals surface area contributed by atoms with Crippen LogP contribution in [0.1, 0.15) is 37.0 Å². The molecule has 1 heterocycles. The lowest BCUT2D eigenvalue weighted by Crippen LogP contribution is -2.47. The molecule has 1 aromatic rings. The number of carbonyl (C=O) groups excluding carboxylic acids is 1. The molecule has 0 bridgehead atoms. The van der Waals surface area contributed by atoms with Crippen LogP contribution in [-0.2, 0) is 6.54 Å². The molecule has 1 fully saturated rings. The number of carbonyl (C=O) groups is 1. The van der Waals surface area contributed by atoms with E-state index in [1.54, 1.807) is 0 Å². The molecular formula is C17H26N2O. The van der Waals surface area contributed by atoms with Gasteiger partial charge in [0.25, 0.3) is 0 Å². The molecule has 1 aliphatic heterocycles. The molecule has 3 heteroatoms. The number of urea groups is 1. The number of likely N-dealkylation sites (tertiary alicyclic amines) is 1. The first kappa shape index (κ1) is 14.9. The molecule has 110 valence electrons. The third-order valence-electron chi connectivity index (χ3n) is 4.08. The zero-order valence-corrected chi connectivity index (χ0v) is 13.1. The molecule has 2 atom stereocenters. The second kappa shape index (κ2) is 6.29. The van der Waals surface area contributed by atoms with Gasteiger partial charge in [-0.05, 0) is 43.2 Å². The number of hydrogen-bond donors (Lipinski definition) is 1. The van der Waals surface area contributed by atoms with Crippen LogP contribution in [0.2, 0.25) is 0 Å². The Morgan fingerprint density at radius 3 is 2.50 bits per heavy atom. The number of hydrogen-bond acceptors (Lipinski definition) is 1. The third-order valence-corrected chi connectivity index (χ3v) is 4.08. The van der Waals surface area contributed by atoms with Crippen molar-refractivity contribution in [2.24, 2.45) is 11.8 Å². The van der Waals surface area contributed by atoms with E-state index in [0.29, 0.717) is 18.4 Å². The summed E-state index contributed by atoms with van der Waals surface area (Å²) < 4.78 is 0. The smallest absolute Gasteiger partial charge is 0.317 e. The Morgan fingerprint density at radius 1 is 1.25 bits per heavy atom. The minimum Gasteiger partial charge on any atom is -0.334 e. The van der Waals surface area contributed by atoms with Crippen LogP contribution in [0.5, 0.6) is 0 Å². The van der Waals surface area contributed by atoms with E-state index in [1.165, 1.54) is 23.1 Å². The van der Waals surface area contributed by atoms with E-state index in [0.717, 1.165) is 13.1 Å². The number of nitrogens with one attached hydrogen (secondary N) is 1. The topological polar surface area (TPSA) is 32.3 Å². The van der Waals surface area contributed by atoms with Gasteiger partial charge in [-0.2, -0.15) is 0 Å².